The number of rotatable bonds is 6. The summed E-state index contributed by atoms with van der Waals surface area (Å²) in [6.07, 6.45) is 5.40. The van der Waals surface area contributed by atoms with Gasteiger partial charge in [-0.2, -0.15) is 0 Å². The molecule has 1 heterocycles. The number of carbonyl (C=O) groups excluding carboxylic acids is 2. The molecule has 0 radical (unpaired) electrons. The summed E-state index contributed by atoms with van der Waals surface area (Å²) in [7, 11) is 0. The molecule has 1 aliphatic heterocycles. The molecule has 3 heteroatoms. The average Bonchev–Trinajstić information content (AvgIpc) is 2.52. The Hall–Kier alpha value is -0.860. The van der Waals surface area contributed by atoms with Gasteiger partial charge in [0.2, 0.25) is 5.91 Å². The third-order valence-corrected chi connectivity index (χ3v) is 2.60. The summed E-state index contributed by atoms with van der Waals surface area (Å²) in [5.74, 6) is 0.363. The van der Waals surface area contributed by atoms with Crippen LogP contribution >= 0.6 is 0 Å². The molecule has 0 aliphatic carbocycles. The first-order valence-electron chi connectivity index (χ1n) is 5.53. The Kier molecular flexibility index (Phi) is 4.63. The predicted molar refractivity (Wildman–Crippen MR) is 55.0 cm³/mol. The Morgan fingerprint density at radius 3 is 2.79 bits per heavy atom. The van der Waals surface area contributed by atoms with Crippen LogP contribution in [0, 0.1) is 0 Å². The lowest BCUT2D eigenvalue weighted by Crippen LogP contribution is -2.30. The first-order chi connectivity index (χ1) is 6.74. The first-order valence-corrected chi connectivity index (χ1v) is 5.53. The fourth-order valence-electron chi connectivity index (χ4n) is 1.74. The van der Waals surface area contributed by atoms with Crippen molar-refractivity contribution in [3.05, 3.63) is 0 Å². The van der Waals surface area contributed by atoms with Gasteiger partial charge in [-0.15, -0.1) is 0 Å². The van der Waals surface area contributed by atoms with Crippen molar-refractivity contribution in [1.29, 1.82) is 0 Å². The summed E-state index contributed by atoms with van der Waals surface area (Å²) in [5, 5.41) is 0. The third-order valence-electron chi connectivity index (χ3n) is 2.60. The Balaban J connectivity index is 2.16. The Morgan fingerprint density at radius 2 is 2.21 bits per heavy atom. The van der Waals surface area contributed by atoms with Crippen LogP contribution < -0.4 is 0 Å². The highest BCUT2D eigenvalue weighted by molar-refractivity contribution is 5.86. The fourth-order valence-corrected chi connectivity index (χ4v) is 1.74. The number of unbranched alkanes of at least 4 members (excludes halogenated alkanes) is 2. The number of carbonyl (C=O) groups is 2. The van der Waals surface area contributed by atoms with Gasteiger partial charge in [0.1, 0.15) is 0 Å². The van der Waals surface area contributed by atoms with Gasteiger partial charge < -0.3 is 4.90 Å². The van der Waals surface area contributed by atoms with Crippen molar-refractivity contribution >= 4 is 11.7 Å². The maximum Gasteiger partial charge on any atom is 0.223 e. The van der Waals surface area contributed by atoms with E-state index < -0.39 is 0 Å². The van der Waals surface area contributed by atoms with Crippen LogP contribution in [0.1, 0.15) is 45.4 Å². The van der Waals surface area contributed by atoms with Gasteiger partial charge in [0, 0.05) is 19.4 Å². The highest BCUT2D eigenvalue weighted by atomic mass is 16.2. The van der Waals surface area contributed by atoms with Crippen molar-refractivity contribution in [3.63, 3.8) is 0 Å². The number of likely N-dealkylation sites (tertiary alicyclic amines) is 1. The molecule has 0 aromatic heterocycles. The SMILES string of the molecule is CCCCCC(=O)CN1CCCC1=O. The maximum atomic E-state index is 11.4. The van der Waals surface area contributed by atoms with E-state index in [9.17, 15) is 9.59 Å². The van der Waals surface area contributed by atoms with E-state index >= 15 is 0 Å². The quantitative estimate of drug-likeness (QED) is 0.608. The highest BCUT2D eigenvalue weighted by Crippen LogP contribution is 2.10. The zero-order valence-corrected chi connectivity index (χ0v) is 8.92. The molecule has 1 amide bonds. The van der Waals surface area contributed by atoms with E-state index in [1.54, 1.807) is 4.90 Å². The van der Waals surface area contributed by atoms with Crippen molar-refractivity contribution in [1.82, 2.24) is 4.90 Å². The van der Waals surface area contributed by atoms with E-state index in [0.29, 0.717) is 19.4 Å². The minimum Gasteiger partial charge on any atom is -0.335 e. The predicted octanol–water partition coefficient (Wildman–Crippen LogP) is 1.76. The molecule has 0 aromatic rings. The van der Waals surface area contributed by atoms with Gasteiger partial charge in [-0.3, -0.25) is 9.59 Å². The summed E-state index contributed by atoms with van der Waals surface area (Å²) in [6.45, 7) is 3.25. The molecular weight excluding hydrogens is 178 g/mol. The first kappa shape index (κ1) is 11.2. The fraction of sp³-hybridized carbons (Fsp3) is 0.818. The molecule has 0 unspecified atom stereocenters. The van der Waals surface area contributed by atoms with E-state index in [2.05, 4.69) is 6.92 Å². The van der Waals surface area contributed by atoms with Gasteiger partial charge in [0.05, 0.1) is 6.54 Å². The van der Waals surface area contributed by atoms with Crippen LogP contribution in [0.4, 0.5) is 0 Å². The summed E-state index contributed by atoms with van der Waals surface area (Å²) in [5.41, 5.74) is 0. The molecule has 3 nitrogen and oxygen atoms in total. The average molecular weight is 197 g/mol. The number of ketones is 1. The number of nitrogens with zero attached hydrogens (tertiary/aromatic N) is 1. The van der Waals surface area contributed by atoms with Crippen LogP contribution in [-0.4, -0.2) is 29.7 Å². The molecule has 0 saturated carbocycles. The van der Waals surface area contributed by atoms with E-state index in [-0.39, 0.29) is 11.7 Å². The normalized spacial score (nSPS) is 16.4. The second-order valence-electron chi connectivity index (χ2n) is 3.91. The van der Waals surface area contributed by atoms with Crippen LogP contribution in [0.25, 0.3) is 0 Å². The van der Waals surface area contributed by atoms with Crippen LogP contribution in [-0.2, 0) is 9.59 Å². The van der Waals surface area contributed by atoms with Crippen molar-refractivity contribution in [2.45, 2.75) is 45.4 Å². The lowest BCUT2D eigenvalue weighted by molar-refractivity contribution is -0.132. The zero-order chi connectivity index (χ0) is 10.4. The van der Waals surface area contributed by atoms with Crippen molar-refractivity contribution < 1.29 is 9.59 Å². The van der Waals surface area contributed by atoms with E-state index in [1.165, 1.54) is 0 Å². The zero-order valence-electron chi connectivity index (χ0n) is 8.92. The van der Waals surface area contributed by atoms with Gasteiger partial charge in [0.15, 0.2) is 5.78 Å². The molecule has 14 heavy (non-hydrogen) atoms. The van der Waals surface area contributed by atoms with Gasteiger partial charge in [-0.05, 0) is 12.8 Å². The van der Waals surface area contributed by atoms with Crippen molar-refractivity contribution in [2.75, 3.05) is 13.1 Å². The highest BCUT2D eigenvalue weighted by Gasteiger charge is 2.21. The molecule has 1 rings (SSSR count). The topological polar surface area (TPSA) is 37.4 Å². The van der Waals surface area contributed by atoms with E-state index in [0.717, 1.165) is 32.2 Å². The van der Waals surface area contributed by atoms with Crippen LogP contribution in [0.3, 0.4) is 0 Å². The summed E-state index contributed by atoms with van der Waals surface area (Å²) < 4.78 is 0. The standard InChI is InChI=1S/C11H19NO2/c1-2-3-4-6-10(13)9-12-8-5-7-11(12)14/h2-9H2,1H3. The third kappa shape index (κ3) is 3.48. The molecule has 0 bridgehead atoms. The molecule has 80 valence electrons. The summed E-state index contributed by atoms with van der Waals surface area (Å²) >= 11 is 0. The van der Waals surface area contributed by atoms with E-state index in [1.807, 2.05) is 0 Å². The Morgan fingerprint density at radius 1 is 1.43 bits per heavy atom. The summed E-state index contributed by atoms with van der Waals surface area (Å²) in [6, 6.07) is 0. The number of hydrogen-bond donors (Lipinski definition) is 0. The monoisotopic (exact) mass is 197 g/mol. The molecule has 1 saturated heterocycles. The number of hydrogen-bond acceptors (Lipinski definition) is 2. The summed E-state index contributed by atoms with van der Waals surface area (Å²) in [4.78, 5) is 24.3. The number of Topliss-reactive ketones (excluding diaryl/α,β-unsaturated/α-hetero) is 1. The van der Waals surface area contributed by atoms with Crippen LogP contribution in [0.2, 0.25) is 0 Å². The molecule has 0 N–H and O–H groups in total. The Bertz CT molecular complexity index is 213. The second kappa shape index (κ2) is 5.78. The molecule has 0 atom stereocenters. The molecule has 1 fully saturated rings. The van der Waals surface area contributed by atoms with Gasteiger partial charge in [0.25, 0.3) is 0 Å². The molecule has 0 spiro atoms. The van der Waals surface area contributed by atoms with Gasteiger partial charge >= 0.3 is 0 Å². The second-order valence-corrected chi connectivity index (χ2v) is 3.91. The molecular formula is C11H19NO2. The largest absolute Gasteiger partial charge is 0.335 e. The Labute approximate surface area is 85.5 Å². The lowest BCUT2D eigenvalue weighted by atomic mass is 10.1. The van der Waals surface area contributed by atoms with Crippen molar-refractivity contribution in [3.8, 4) is 0 Å². The number of amides is 1. The van der Waals surface area contributed by atoms with Crippen LogP contribution in [0.5, 0.6) is 0 Å². The van der Waals surface area contributed by atoms with Gasteiger partial charge in [-0.25, -0.2) is 0 Å². The minimum atomic E-state index is 0.147. The smallest absolute Gasteiger partial charge is 0.223 e. The van der Waals surface area contributed by atoms with E-state index in [4.69, 9.17) is 0 Å². The van der Waals surface area contributed by atoms with Gasteiger partial charge in [-0.1, -0.05) is 19.8 Å². The molecule has 1 aliphatic rings. The van der Waals surface area contributed by atoms with Crippen molar-refractivity contribution in [2.24, 2.45) is 0 Å². The molecule has 0 aromatic carbocycles. The van der Waals surface area contributed by atoms with Crippen LogP contribution in [0.15, 0.2) is 0 Å². The maximum absolute atomic E-state index is 11.4. The minimum absolute atomic E-state index is 0.147. The lowest BCUT2D eigenvalue weighted by Gasteiger charge is -2.13.